The van der Waals surface area contributed by atoms with E-state index in [0.717, 1.165) is 6.42 Å². The summed E-state index contributed by atoms with van der Waals surface area (Å²) >= 11 is 6.11. The van der Waals surface area contributed by atoms with E-state index in [1.165, 1.54) is 13.3 Å². The molecular formula is C13H16ClN3O4. The number of rotatable bonds is 6. The van der Waals surface area contributed by atoms with Gasteiger partial charge in [0.2, 0.25) is 0 Å². The molecule has 0 atom stereocenters. The van der Waals surface area contributed by atoms with Crippen molar-refractivity contribution in [3.8, 4) is 11.5 Å². The minimum Gasteiger partial charge on any atom is -0.493 e. The zero-order valence-electron chi connectivity index (χ0n) is 11.7. The van der Waals surface area contributed by atoms with Crippen LogP contribution in [0.1, 0.15) is 18.9 Å². The van der Waals surface area contributed by atoms with Crippen molar-refractivity contribution in [1.82, 2.24) is 5.43 Å². The summed E-state index contributed by atoms with van der Waals surface area (Å²) < 4.78 is 10.7. The molecule has 0 saturated carbocycles. The Morgan fingerprint density at radius 3 is 2.76 bits per heavy atom. The lowest BCUT2D eigenvalue weighted by molar-refractivity contribution is -0.137. The molecule has 0 aromatic heterocycles. The number of hydrogen-bond donors (Lipinski definition) is 2. The van der Waals surface area contributed by atoms with E-state index in [2.05, 4.69) is 5.10 Å². The molecule has 0 unspecified atom stereocenters. The van der Waals surface area contributed by atoms with Gasteiger partial charge in [0, 0.05) is 0 Å². The summed E-state index contributed by atoms with van der Waals surface area (Å²) in [6, 6.07) is 3.23. The smallest absolute Gasteiger partial charge is 0.329 e. The minimum absolute atomic E-state index is 0.352. The lowest BCUT2D eigenvalue weighted by Gasteiger charge is -2.12. The first-order valence-electron chi connectivity index (χ1n) is 6.12. The second-order valence-electron chi connectivity index (χ2n) is 3.95. The molecule has 0 aliphatic carbocycles. The number of methoxy groups -OCH3 is 1. The number of nitrogens with one attached hydrogen (secondary N) is 1. The highest BCUT2D eigenvalue weighted by Crippen LogP contribution is 2.36. The van der Waals surface area contributed by atoms with E-state index >= 15 is 0 Å². The highest BCUT2D eigenvalue weighted by atomic mass is 35.5. The summed E-state index contributed by atoms with van der Waals surface area (Å²) in [5.41, 5.74) is 7.31. The third-order valence-electron chi connectivity index (χ3n) is 2.31. The monoisotopic (exact) mass is 313 g/mol. The van der Waals surface area contributed by atoms with Crippen LogP contribution in [0.5, 0.6) is 11.5 Å². The molecule has 2 amide bonds. The van der Waals surface area contributed by atoms with E-state index in [1.807, 2.05) is 12.3 Å². The third kappa shape index (κ3) is 4.96. The molecule has 8 heteroatoms. The van der Waals surface area contributed by atoms with Gasteiger partial charge in [0.15, 0.2) is 11.5 Å². The first-order valence-corrected chi connectivity index (χ1v) is 6.50. The number of hydrogen-bond acceptors (Lipinski definition) is 5. The number of primary amides is 1. The van der Waals surface area contributed by atoms with Crippen LogP contribution in [0.3, 0.4) is 0 Å². The van der Waals surface area contributed by atoms with Gasteiger partial charge in [0.05, 0.1) is 25.0 Å². The van der Waals surface area contributed by atoms with Crippen LogP contribution >= 0.6 is 11.6 Å². The molecule has 0 radical (unpaired) electrons. The van der Waals surface area contributed by atoms with Crippen molar-refractivity contribution in [2.75, 3.05) is 13.7 Å². The topological polar surface area (TPSA) is 103 Å². The normalized spacial score (nSPS) is 10.4. The zero-order chi connectivity index (χ0) is 15.8. The van der Waals surface area contributed by atoms with Crippen LogP contribution in [-0.4, -0.2) is 31.7 Å². The molecule has 0 aliphatic heterocycles. The van der Waals surface area contributed by atoms with Gasteiger partial charge in [-0.05, 0) is 24.1 Å². The number of benzene rings is 1. The maximum absolute atomic E-state index is 10.9. The summed E-state index contributed by atoms with van der Waals surface area (Å²) in [4.78, 5) is 21.4. The number of nitrogens with two attached hydrogens (primary N) is 1. The van der Waals surface area contributed by atoms with Gasteiger partial charge in [-0.1, -0.05) is 18.5 Å². The van der Waals surface area contributed by atoms with E-state index in [-0.39, 0.29) is 0 Å². The summed E-state index contributed by atoms with van der Waals surface area (Å²) in [6.45, 7) is 2.49. The Morgan fingerprint density at radius 1 is 1.48 bits per heavy atom. The molecule has 7 nitrogen and oxygen atoms in total. The highest BCUT2D eigenvalue weighted by Gasteiger charge is 2.11. The summed E-state index contributed by atoms with van der Waals surface area (Å²) in [6.07, 6.45) is 2.14. The first kappa shape index (κ1) is 16.8. The van der Waals surface area contributed by atoms with Crippen LogP contribution in [0.25, 0.3) is 0 Å². The summed E-state index contributed by atoms with van der Waals surface area (Å²) in [5.74, 6) is -1.24. The van der Waals surface area contributed by atoms with Crippen LogP contribution in [0.4, 0.5) is 0 Å². The van der Waals surface area contributed by atoms with Crippen molar-refractivity contribution < 1.29 is 19.1 Å². The molecule has 0 aliphatic rings. The summed E-state index contributed by atoms with van der Waals surface area (Å²) in [5, 5.41) is 3.94. The number of halogens is 1. The Balaban J connectivity index is 2.90. The molecule has 0 saturated heterocycles. The van der Waals surface area contributed by atoms with Crippen molar-refractivity contribution in [3.05, 3.63) is 22.7 Å². The lowest BCUT2D eigenvalue weighted by atomic mass is 10.2. The maximum Gasteiger partial charge on any atom is 0.329 e. The van der Waals surface area contributed by atoms with Crippen molar-refractivity contribution in [3.63, 3.8) is 0 Å². The Labute approximate surface area is 127 Å². The Bertz CT molecular complexity index is 561. The SMILES string of the molecule is CCCOc1c(Cl)cc(/C=N\NC(=O)C(N)=O)cc1OC. The number of amides is 2. The number of carbonyl (C=O) groups excluding carboxylic acids is 2. The fourth-order valence-electron chi connectivity index (χ4n) is 1.38. The van der Waals surface area contributed by atoms with Crippen LogP contribution in [0.15, 0.2) is 17.2 Å². The molecule has 1 aromatic rings. The van der Waals surface area contributed by atoms with E-state index in [1.54, 1.807) is 12.1 Å². The third-order valence-corrected chi connectivity index (χ3v) is 2.59. The van der Waals surface area contributed by atoms with Crippen molar-refractivity contribution in [2.24, 2.45) is 10.8 Å². The van der Waals surface area contributed by atoms with E-state index in [4.69, 9.17) is 26.8 Å². The van der Waals surface area contributed by atoms with Gasteiger partial charge in [0.25, 0.3) is 0 Å². The number of ether oxygens (including phenoxy) is 2. The second kappa shape index (κ2) is 8.11. The second-order valence-corrected chi connectivity index (χ2v) is 4.35. The predicted octanol–water partition coefficient (Wildman–Crippen LogP) is 1.07. The molecule has 0 bridgehead atoms. The van der Waals surface area contributed by atoms with Crippen LogP contribution < -0.4 is 20.6 Å². The standard InChI is InChI=1S/C13H16ClN3O4/c1-3-4-21-11-9(14)5-8(6-10(11)20-2)7-16-17-13(19)12(15)18/h5-7H,3-4H2,1-2H3,(H2,15,18)(H,17,19)/b16-7-. The number of nitrogens with zero attached hydrogens (tertiary/aromatic N) is 1. The van der Waals surface area contributed by atoms with E-state index < -0.39 is 11.8 Å². The Morgan fingerprint density at radius 2 is 2.19 bits per heavy atom. The van der Waals surface area contributed by atoms with E-state index in [0.29, 0.717) is 28.7 Å². The zero-order valence-corrected chi connectivity index (χ0v) is 12.4. The largest absolute Gasteiger partial charge is 0.493 e. The molecule has 0 spiro atoms. The predicted molar refractivity (Wildman–Crippen MR) is 78.7 cm³/mol. The average Bonchev–Trinajstić information content (AvgIpc) is 2.45. The minimum atomic E-state index is -1.12. The Hall–Kier alpha value is -2.28. The molecule has 21 heavy (non-hydrogen) atoms. The molecule has 3 N–H and O–H groups in total. The van der Waals surface area contributed by atoms with Gasteiger partial charge in [0.1, 0.15) is 0 Å². The van der Waals surface area contributed by atoms with Gasteiger partial charge in [-0.25, -0.2) is 5.43 Å². The van der Waals surface area contributed by atoms with Crippen LogP contribution in [-0.2, 0) is 9.59 Å². The van der Waals surface area contributed by atoms with Gasteiger partial charge < -0.3 is 15.2 Å². The fourth-order valence-corrected chi connectivity index (χ4v) is 1.65. The maximum atomic E-state index is 10.9. The lowest BCUT2D eigenvalue weighted by Crippen LogP contribution is -2.32. The first-order chi connectivity index (χ1) is 9.99. The fraction of sp³-hybridized carbons (Fsp3) is 0.308. The molecule has 114 valence electrons. The molecule has 0 fully saturated rings. The van der Waals surface area contributed by atoms with Crippen molar-refractivity contribution >= 4 is 29.6 Å². The van der Waals surface area contributed by atoms with Gasteiger partial charge in [-0.3, -0.25) is 9.59 Å². The Kier molecular flexibility index (Phi) is 6.48. The highest BCUT2D eigenvalue weighted by molar-refractivity contribution is 6.34. The van der Waals surface area contributed by atoms with Crippen molar-refractivity contribution in [2.45, 2.75) is 13.3 Å². The molecule has 1 aromatic carbocycles. The van der Waals surface area contributed by atoms with Gasteiger partial charge in [-0.2, -0.15) is 5.10 Å². The van der Waals surface area contributed by atoms with Crippen molar-refractivity contribution in [1.29, 1.82) is 0 Å². The molecular weight excluding hydrogens is 298 g/mol. The number of carbonyl (C=O) groups is 2. The van der Waals surface area contributed by atoms with Gasteiger partial charge >= 0.3 is 11.8 Å². The quantitative estimate of drug-likeness (QED) is 0.466. The van der Waals surface area contributed by atoms with E-state index in [9.17, 15) is 9.59 Å². The van der Waals surface area contributed by atoms with Crippen LogP contribution in [0, 0.1) is 0 Å². The van der Waals surface area contributed by atoms with Crippen LogP contribution in [0.2, 0.25) is 5.02 Å². The number of hydrazone groups is 1. The molecule has 0 heterocycles. The summed E-state index contributed by atoms with van der Waals surface area (Å²) in [7, 11) is 1.49. The van der Waals surface area contributed by atoms with Gasteiger partial charge in [-0.15, -0.1) is 0 Å². The molecule has 1 rings (SSSR count). The average molecular weight is 314 g/mol.